The second kappa shape index (κ2) is 5.91. The summed E-state index contributed by atoms with van der Waals surface area (Å²) in [6, 6.07) is 14.8. The highest BCUT2D eigenvalue weighted by atomic mass is 32.2. The highest BCUT2D eigenvalue weighted by Gasteiger charge is 2.17. The molecule has 0 saturated heterocycles. The number of nitrogens with two attached hydrogens (primary N) is 1. The maximum absolute atomic E-state index is 13.8. The van der Waals surface area contributed by atoms with Crippen LogP contribution in [0.1, 0.15) is 10.8 Å². The van der Waals surface area contributed by atoms with Crippen LogP contribution in [0.5, 0.6) is 0 Å². The Morgan fingerprint density at radius 3 is 2.65 bits per heavy atom. The highest BCUT2D eigenvalue weighted by Crippen LogP contribution is 2.39. The fraction of sp³-hybridized carbons (Fsp3) is 0.133. The second-order valence-electron chi connectivity index (χ2n) is 4.31. The van der Waals surface area contributed by atoms with Crippen LogP contribution in [0.25, 0.3) is 10.2 Å². The molecule has 3 rings (SSSR count). The number of thioether (sulfide) groups is 1. The summed E-state index contributed by atoms with van der Waals surface area (Å²) in [5.41, 5.74) is 7.42. The number of hydrogen-bond acceptors (Lipinski definition) is 4. The van der Waals surface area contributed by atoms with Crippen LogP contribution in [0.4, 0.5) is 4.39 Å². The Bertz CT molecular complexity index is 693. The van der Waals surface area contributed by atoms with E-state index < -0.39 is 0 Å². The molecule has 2 aromatic carbocycles. The minimum absolute atomic E-state index is 0.114. The quantitative estimate of drug-likeness (QED) is 0.733. The first kappa shape index (κ1) is 13.5. The number of aromatic nitrogens is 1. The van der Waals surface area contributed by atoms with Crippen LogP contribution in [-0.2, 0) is 0 Å². The number of thiazole rings is 1. The van der Waals surface area contributed by atoms with E-state index in [-0.39, 0.29) is 11.1 Å². The van der Waals surface area contributed by atoms with E-state index in [1.165, 1.54) is 17.8 Å². The van der Waals surface area contributed by atoms with Crippen molar-refractivity contribution in [2.24, 2.45) is 5.73 Å². The number of hydrogen-bond donors (Lipinski definition) is 1. The van der Waals surface area contributed by atoms with Gasteiger partial charge in [0.2, 0.25) is 0 Å². The number of fused-ring (bicyclic) bond motifs is 1. The average molecular weight is 304 g/mol. The number of nitrogens with zero attached hydrogens (tertiary/aromatic N) is 1. The zero-order valence-electron chi connectivity index (χ0n) is 10.6. The molecule has 2 nitrogen and oxygen atoms in total. The number of benzene rings is 2. The minimum Gasteiger partial charge on any atom is -0.329 e. The Balaban J connectivity index is 1.90. The summed E-state index contributed by atoms with van der Waals surface area (Å²) in [6.45, 7) is 0.377. The highest BCUT2D eigenvalue weighted by molar-refractivity contribution is 8.01. The molecule has 20 heavy (non-hydrogen) atoms. The van der Waals surface area contributed by atoms with Crippen LogP contribution in [0, 0.1) is 5.82 Å². The summed E-state index contributed by atoms with van der Waals surface area (Å²) in [5.74, 6) is -0.212. The molecule has 2 N–H and O–H groups in total. The van der Waals surface area contributed by atoms with Gasteiger partial charge in [-0.05, 0) is 18.2 Å². The van der Waals surface area contributed by atoms with Crippen molar-refractivity contribution in [1.29, 1.82) is 0 Å². The maximum Gasteiger partial charge on any atom is 0.151 e. The third kappa shape index (κ3) is 2.70. The third-order valence-corrected chi connectivity index (χ3v) is 5.38. The zero-order chi connectivity index (χ0) is 13.9. The fourth-order valence-corrected chi connectivity index (χ4v) is 4.31. The largest absolute Gasteiger partial charge is 0.329 e. The van der Waals surface area contributed by atoms with Gasteiger partial charge in [0.15, 0.2) is 4.34 Å². The van der Waals surface area contributed by atoms with E-state index in [1.807, 2.05) is 30.3 Å². The van der Waals surface area contributed by atoms with Gasteiger partial charge in [-0.3, -0.25) is 0 Å². The van der Waals surface area contributed by atoms with Crippen LogP contribution >= 0.6 is 23.1 Å². The lowest BCUT2D eigenvalue weighted by Crippen LogP contribution is -2.10. The summed E-state index contributed by atoms with van der Waals surface area (Å²) in [5, 5.41) is -0.114. The van der Waals surface area contributed by atoms with Crippen molar-refractivity contribution >= 4 is 33.3 Å². The standard InChI is InChI=1S/C15H13FN2S2/c16-11-6-2-1-5-10(11)14(9-17)20-15-18-12-7-3-4-8-13(12)19-15/h1-8,14H,9,17H2. The van der Waals surface area contributed by atoms with Gasteiger partial charge in [-0.1, -0.05) is 42.1 Å². The molecule has 1 atom stereocenters. The van der Waals surface area contributed by atoms with Gasteiger partial charge >= 0.3 is 0 Å². The third-order valence-electron chi connectivity index (χ3n) is 2.98. The normalized spacial score (nSPS) is 12.7. The van der Waals surface area contributed by atoms with Crippen LogP contribution in [0.3, 0.4) is 0 Å². The lowest BCUT2D eigenvalue weighted by atomic mass is 10.1. The van der Waals surface area contributed by atoms with Crippen molar-refractivity contribution in [3.8, 4) is 0 Å². The number of para-hydroxylation sites is 1. The first-order chi connectivity index (χ1) is 9.78. The van der Waals surface area contributed by atoms with Gasteiger partial charge in [0, 0.05) is 12.1 Å². The van der Waals surface area contributed by atoms with Gasteiger partial charge in [0.25, 0.3) is 0 Å². The molecule has 5 heteroatoms. The van der Waals surface area contributed by atoms with Crippen molar-refractivity contribution in [3.63, 3.8) is 0 Å². The zero-order valence-corrected chi connectivity index (χ0v) is 12.3. The van der Waals surface area contributed by atoms with Crippen LogP contribution in [0.15, 0.2) is 52.9 Å². The monoisotopic (exact) mass is 304 g/mol. The van der Waals surface area contributed by atoms with Gasteiger partial charge in [-0.25, -0.2) is 9.37 Å². The topological polar surface area (TPSA) is 38.9 Å². The Kier molecular flexibility index (Phi) is 4.00. The summed E-state index contributed by atoms with van der Waals surface area (Å²) >= 11 is 3.14. The molecule has 0 bridgehead atoms. The van der Waals surface area contributed by atoms with Crippen molar-refractivity contribution in [3.05, 3.63) is 59.9 Å². The van der Waals surface area contributed by atoms with Gasteiger partial charge in [0.1, 0.15) is 5.82 Å². The van der Waals surface area contributed by atoms with Gasteiger partial charge < -0.3 is 5.73 Å². The lowest BCUT2D eigenvalue weighted by Gasteiger charge is -2.13. The van der Waals surface area contributed by atoms with E-state index in [0.29, 0.717) is 12.1 Å². The summed E-state index contributed by atoms with van der Waals surface area (Å²) < 4.78 is 15.9. The van der Waals surface area contributed by atoms with Crippen LogP contribution in [0.2, 0.25) is 0 Å². The van der Waals surface area contributed by atoms with Gasteiger partial charge in [0.05, 0.1) is 15.5 Å². The Labute approximate surface area is 124 Å². The van der Waals surface area contributed by atoms with Crippen molar-refractivity contribution in [2.45, 2.75) is 9.59 Å². The van der Waals surface area contributed by atoms with Crippen molar-refractivity contribution in [2.75, 3.05) is 6.54 Å². The molecule has 0 aliphatic heterocycles. The molecule has 0 saturated carbocycles. The molecular formula is C15H13FN2S2. The summed E-state index contributed by atoms with van der Waals surface area (Å²) in [7, 11) is 0. The van der Waals surface area contributed by atoms with E-state index in [9.17, 15) is 4.39 Å². The lowest BCUT2D eigenvalue weighted by molar-refractivity contribution is 0.608. The molecule has 0 spiro atoms. The first-order valence-electron chi connectivity index (χ1n) is 6.24. The van der Waals surface area contributed by atoms with Crippen molar-refractivity contribution < 1.29 is 4.39 Å². The van der Waals surface area contributed by atoms with Gasteiger partial charge in [-0.2, -0.15) is 0 Å². The molecule has 1 unspecified atom stereocenters. The molecule has 102 valence electrons. The molecule has 0 radical (unpaired) electrons. The van der Waals surface area contributed by atoms with E-state index in [2.05, 4.69) is 4.98 Å². The number of halogens is 1. The van der Waals surface area contributed by atoms with Crippen molar-refractivity contribution in [1.82, 2.24) is 4.98 Å². The predicted octanol–water partition coefficient (Wildman–Crippen LogP) is 4.23. The molecule has 1 aromatic heterocycles. The number of rotatable bonds is 4. The Hall–Kier alpha value is -1.43. The molecule has 0 aliphatic rings. The summed E-state index contributed by atoms with van der Waals surface area (Å²) in [6.07, 6.45) is 0. The van der Waals surface area contributed by atoms with Gasteiger partial charge in [-0.15, -0.1) is 11.3 Å². The van der Waals surface area contributed by atoms with E-state index in [1.54, 1.807) is 23.5 Å². The van der Waals surface area contributed by atoms with E-state index in [4.69, 9.17) is 5.73 Å². The molecular weight excluding hydrogens is 291 g/mol. The molecule has 3 aromatic rings. The summed E-state index contributed by atoms with van der Waals surface area (Å²) in [4.78, 5) is 4.56. The molecule has 1 heterocycles. The molecule has 0 amide bonds. The smallest absolute Gasteiger partial charge is 0.151 e. The van der Waals surface area contributed by atoms with Crippen LogP contribution < -0.4 is 5.73 Å². The fourth-order valence-electron chi connectivity index (χ4n) is 2.00. The van der Waals surface area contributed by atoms with Crippen LogP contribution in [-0.4, -0.2) is 11.5 Å². The van der Waals surface area contributed by atoms with E-state index >= 15 is 0 Å². The maximum atomic E-state index is 13.8. The predicted molar refractivity (Wildman–Crippen MR) is 83.7 cm³/mol. The molecule has 0 aliphatic carbocycles. The minimum atomic E-state index is -0.212. The second-order valence-corrected chi connectivity index (χ2v) is 6.79. The Morgan fingerprint density at radius 2 is 1.90 bits per heavy atom. The first-order valence-corrected chi connectivity index (χ1v) is 7.94. The molecule has 0 fully saturated rings. The average Bonchev–Trinajstić information content (AvgIpc) is 2.88. The van der Waals surface area contributed by atoms with E-state index in [0.717, 1.165) is 14.6 Å². The Morgan fingerprint density at radius 1 is 1.15 bits per heavy atom. The SMILES string of the molecule is NCC(Sc1nc2ccccc2s1)c1ccccc1F.